The number of carbonyl (C=O) groups excluding carboxylic acids is 8. The quantitative estimate of drug-likeness (QED) is 0.0294. The van der Waals surface area contributed by atoms with Crippen LogP contribution in [0.15, 0.2) is 48.5 Å². The van der Waals surface area contributed by atoms with E-state index in [0.717, 1.165) is 0 Å². The highest BCUT2D eigenvalue weighted by Crippen LogP contribution is 2.54. The van der Waals surface area contributed by atoms with Crippen LogP contribution in [-0.4, -0.2) is 153 Å². The van der Waals surface area contributed by atoms with Crippen LogP contribution in [0.1, 0.15) is 228 Å². The lowest BCUT2D eigenvalue weighted by molar-refractivity contribution is -0.146. The Kier molecular flexibility index (Phi) is 36.1. The number of rotatable bonds is 44. The molecule has 0 unspecified atom stereocenters. The fourth-order valence-electron chi connectivity index (χ4n) is 11.8. The van der Waals surface area contributed by atoms with Crippen LogP contribution in [0, 0.1) is 0 Å². The van der Waals surface area contributed by atoms with Crippen molar-refractivity contribution in [2.45, 2.75) is 184 Å². The van der Waals surface area contributed by atoms with Gasteiger partial charge in [-0.25, -0.2) is 38.4 Å². The van der Waals surface area contributed by atoms with Gasteiger partial charge in [-0.2, -0.15) is 0 Å². The maximum absolute atomic E-state index is 13.6. The molecule has 552 valence electrons. The standard InChI is InChI=1S/C76H104O24/c1-13-25-29-49-53-33-55(63(95-43-71(79)87-19-7)37-61(53)93-41-69(77)85-17-5)50(30-26-14-2)57-35-59(67(99-47-75(83)91-23-11)39-65(57)97-45-73(81)89-21-9)52(32-28-16-4)60-36-58(66(98-46-74(82)90-22-10)40-68(60)100-48-76(84)92-24-12)51(31-27-15-3)56-34-54(49)62(94-42-70(78)86-18-6)38-64(56)96-44-72(80)88-20-8/h33-40,49-52H,13-32,41-48H2,1-12H3. The topological polar surface area (TPSA) is 284 Å². The van der Waals surface area contributed by atoms with Crippen LogP contribution < -0.4 is 37.9 Å². The van der Waals surface area contributed by atoms with Crippen LogP contribution in [-0.2, 0) is 76.3 Å². The van der Waals surface area contributed by atoms with Crippen molar-refractivity contribution in [3.8, 4) is 46.0 Å². The molecule has 1 aliphatic carbocycles. The minimum Gasteiger partial charge on any atom is -0.481 e. The van der Waals surface area contributed by atoms with Gasteiger partial charge in [-0.1, -0.05) is 79.1 Å². The third kappa shape index (κ3) is 24.7. The molecule has 0 amide bonds. The summed E-state index contributed by atoms with van der Waals surface area (Å²) < 4.78 is 96.7. The summed E-state index contributed by atoms with van der Waals surface area (Å²) in [6, 6.07) is 14.1. The predicted molar refractivity (Wildman–Crippen MR) is 368 cm³/mol. The molecule has 5 rings (SSSR count). The summed E-state index contributed by atoms with van der Waals surface area (Å²) in [4.78, 5) is 109. The minimum absolute atomic E-state index is 0.0444. The molecule has 0 spiro atoms. The second-order valence-corrected chi connectivity index (χ2v) is 23.2. The summed E-state index contributed by atoms with van der Waals surface area (Å²) in [6.45, 7) is 17.2. The Morgan fingerprint density at radius 3 is 0.460 bits per heavy atom. The van der Waals surface area contributed by atoms with Gasteiger partial charge in [-0.3, -0.25) is 0 Å². The van der Waals surface area contributed by atoms with Crippen molar-refractivity contribution in [2.24, 2.45) is 0 Å². The molecule has 1 aliphatic rings. The van der Waals surface area contributed by atoms with Gasteiger partial charge in [0, 0.05) is 92.4 Å². The monoisotopic (exact) mass is 1400 g/mol. The van der Waals surface area contributed by atoms with Gasteiger partial charge >= 0.3 is 47.8 Å². The summed E-state index contributed by atoms with van der Waals surface area (Å²) in [5.74, 6) is -7.67. The van der Waals surface area contributed by atoms with Crippen LogP contribution >= 0.6 is 0 Å². The van der Waals surface area contributed by atoms with E-state index in [4.69, 9.17) is 75.8 Å². The summed E-state index contributed by atoms with van der Waals surface area (Å²) in [7, 11) is 0. The van der Waals surface area contributed by atoms with Crippen molar-refractivity contribution in [2.75, 3.05) is 106 Å². The number of fused-ring (bicyclic) bond motifs is 8. The van der Waals surface area contributed by atoms with Crippen LogP contribution in [0.4, 0.5) is 0 Å². The number of unbranched alkanes of at least 4 members (excludes halogenated alkanes) is 4. The van der Waals surface area contributed by atoms with Crippen LogP contribution in [0.25, 0.3) is 0 Å². The first-order valence-electron chi connectivity index (χ1n) is 35.4. The second kappa shape index (κ2) is 44.2. The molecule has 0 aliphatic heterocycles. The molecule has 0 fully saturated rings. The molecule has 24 heteroatoms. The van der Waals surface area contributed by atoms with Crippen molar-refractivity contribution < 1.29 is 114 Å². The van der Waals surface area contributed by atoms with Crippen LogP contribution in [0.3, 0.4) is 0 Å². The Balaban J connectivity index is 2.30. The minimum atomic E-state index is -0.808. The molecule has 0 N–H and O–H groups in total. The van der Waals surface area contributed by atoms with E-state index >= 15 is 0 Å². The number of hydrogen-bond acceptors (Lipinski definition) is 24. The third-order valence-corrected chi connectivity index (χ3v) is 16.2. The van der Waals surface area contributed by atoms with E-state index in [-0.39, 0.29) is 98.9 Å². The van der Waals surface area contributed by atoms with Gasteiger partial charge < -0.3 is 75.8 Å². The zero-order valence-corrected chi connectivity index (χ0v) is 60.5. The number of benzene rings is 4. The third-order valence-electron chi connectivity index (χ3n) is 16.2. The maximum atomic E-state index is 13.6. The highest BCUT2D eigenvalue weighted by molar-refractivity contribution is 5.76. The lowest BCUT2D eigenvalue weighted by Crippen LogP contribution is -2.21. The molecule has 0 saturated carbocycles. The summed E-state index contributed by atoms with van der Waals surface area (Å²) >= 11 is 0. The number of esters is 8. The first kappa shape index (κ1) is 81.7. The number of hydrogen-bond donors (Lipinski definition) is 0. The van der Waals surface area contributed by atoms with Gasteiger partial charge in [0.1, 0.15) is 46.0 Å². The first-order chi connectivity index (χ1) is 48.4. The zero-order valence-electron chi connectivity index (χ0n) is 60.5. The summed E-state index contributed by atoms with van der Waals surface area (Å²) in [5.41, 5.74) is 3.85. The molecule has 0 radical (unpaired) electrons. The Labute approximate surface area is 588 Å². The maximum Gasteiger partial charge on any atom is 0.344 e. The van der Waals surface area contributed by atoms with Gasteiger partial charge in [0.15, 0.2) is 52.9 Å². The smallest absolute Gasteiger partial charge is 0.344 e. The molecular weight excluding hydrogens is 1300 g/mol. The van der Waals surface area contributed by atoms with Crippen molar-refractivity contribution in [3.05, 3.63) is 93.0 Å². The molecular formula is C76H104O24. The van der Waals surface area contributed by atoms with E-state index < -0.39 is 124 Å². The van der Waals surface area contributed by atoms with E-state index in [0.29, 0.717) is 122 Å². The predicted octanol–water partition coefficient (Wildman–Crippen LogP) is 12.8. The average Bonchev–Trinajstić information content (AvgIpc) is 0.751. The molecule has 0 saturated heterocycles. The van der Waals surface area contributed by atoms with E-state index in [2.05, 4.69) is 0 Å². The SMILES string of the molecule is CCCCC1c2cc(c(OCC(=O)OCC)cc2OCC(=O)OCC)C(CCCC)c2cc(c(OCC(=O)OCC)cc2OCC(=O)OCC)C(CCCC)c2cc(c(OCC(=O)OCC)cc2OCC(=O)OCC)C(CCCC)c2cc1c(OCC(=O)OCC)cc2OCC(=O)OCC. The van der Waals surface area contributed by atoms with Gasteiger partial charge in [-0.05, 0) is 105 Å². The Morgan fingerprint density at radius 1 is 0.220 bits per heavy atom. The van der Waals surface area contributed by atoms with Gasteiger partial charge in [0.05, 0.1) is 52.9 Å². The second-order valence-electron chi connectivity index (χ2n) is 23.2. The normalized spacial score (nSPS) is 14.4. The first-order valence-corrected chi connectivity index (χ1v) is 35.4. The Morgan fingerprint density at radius 2 is 0.350 bits per heavy atom. The lowest BCUT2D eigenvalue weighted by Gasteiger charge is -2.32. The van der Waals surface area contributed by atoms with Crippen molar-refractivity contribution in [3.63, 3.8) is 0 Å². The van der Waals surface area contributed by atoms with Crippen molar-refractivity contribution in [1.29, 1.82) is 0 Å². The Bertz CT molecular complexity index is 2690. The average molecular weight is 1400 g/mol. The van der Waals surface area contributed by atoms with Crippen LogP contribution in [0.2, 0.25) is 0 Å². The zero-order chi connectivity index (χ0) is 72.9. The largest absolute Gasteiger partial charge is 0.481 e. The Hall–Kier alpha value is -8.96. The summed E-state index contributed by atoms with van der Waals surface area (Å²) in [5, 5.41) is 0. The van der Waals surface area contributed by atoms with Crippen molar-refractivity contribution >= 4 is 47.8 Å². The van der Waals surface area contributed by atoms with E-state index in [1.807, 2.05) is 52.0 Å². The fourth-order valence-corrected chi connectivity index (χ4v) is 11.8. The highest BCUT2D eigenvalue weighted by Gasteiger charge is 2.37. The van der Waals surface area contributed by atoms with E-state index in [9.17, 15) is 38.4 Å². The van der Waals surface area contributed by atoms with Gasteiger partial charge in [-0.15, -0.1) is 0 Å². The molecule has 0 atom stereocenters. The molecule has 24 nitrogen and oxygen atoms in total. The number of ether oxygens (including phenoxy) is 16. The number of carbonyl (C=O) groups is 8. The van der Waals surface area contributed by atoms with Crippen LogP contribution in [0.5, 0.6) is 46.0 Å². The molecule has 0 heterocycles. The fraction of sp³-hybridized carbons (Fsp3) is 0.579. The van der Waals surface area contributed by atoms with Gasteiger partial charge in [0.2, 0.25) is 0 Å². The lowest BCUT2D eigenvalue weighted by atomic mass is 9.76. The summed E-state index contributed by atoms with van der Waals surface area (Å²) in [6.07, 6.45) is 6.30. The molecule has 4 aromatic rings. The van der Waals surface area contributed by atoms with E-state index in [1.165, 1.54) is 0 Å². The highest BCUT2D eigenvalue weighted by atomic mass is 16.6. The van der Waals surface area contributed by atoms with E-state index in [1.54, 1.807) is 79.7 Å². The molecule has 4 aromatic carbocycles. The molecule has 100 heavy (non-hydrogen) atoms. The molecule has 0 aromatic heterocycles. The molecule has 8 bridgehead atoms. The van der Waals surface area contributed by atoms with Crippen molar-refractivity contribution in [1.82, 2.24) is 0 Å². The van der Waals surface area contributed by atoms with Gasteiger partial charge in [0.25, 0.3) is 0 Å².